The van der Waals surface area contributed by atoms with Crippen LogP contribution in [0.5, 0.6) is 0 Å². The van der Waals surface area contributed by atoms with E-state index in [1.54, 1.807) is 6.92 Å². The molecule has 126 valence electrons. The van der Waals surface area contributed by atoms with Gasteiger partial charge in [0.2, 0.25) is 5.91 Å². The maximum atomic E-state index is 12.3. The van der Waals surface area contributed by atoms with Gasteiger partial charge in [0, 0.05) is 11.3 Å². The number of β-lactam (4-membered cyclic amide) rings is 1. The Morgan fingerprint density at radius 1 is 1.57 bits per heavy atom. The Labute approximate surface area is 138 Å². The Kier molecular flexibility index (Phi) is 4.77. The van der Waals surface area contributed by atoms with Crippen molar-refractivity contribution < 1.29 is 28.9 Å². The number of fused-ring (bicyclic) bond motifs is 1. The van der Waals surface area contributed by atoms with E-state index in [4.69, 9.17) is 14.2 Å². The number of nitrogens with zero attached hydrogens (tertiary/aromatic N) is 1. The highest BCUT2D eigenvalue weighted by atomic mass is 32.2. The number of thioether (sulfide) groups is 1. The minimum absolute atomic E-state index is 0.0727. The lowest BCUT2D eigenvalue weighted by Crippen LogP contribution is -2.60. The summed E-state index contributed by atoms with van der Waals surface area (Å²) in [4.78, 5) is 26.7. The van der Waals surface area contributed by atoms with Gasteiger partial charge in [0.1, 0.15) is 17.7 Å². The molecule has 0 aliphatic carbocycles. The van der Waals surface area contributed by atoms with Gasteiger partial charge in [-0.05, 0) is 6.92 Å². The lowest BCUT2D eigenvalue weighted by atomic mass is 9.92. The van der Waals surface area contributed by atoms with E-state index >= 15 is 0 Å². The second kappa shape index (κ2) is 6.64. The molecule has 0 aromatic heterocycles. The SMILES string of the molecule is C=CCOC(=O)C1=C(CC2OCCO2)S[C@@H]2[C@@H]([C@@H](C)O)C(=O)N12. The van der Waals surface area contributed by atoms with E-state index in [0.717, 1.165) is 0 Å². The highest BCUT2D eigenvalue weighted by Crippen LogP contribution is 2.52. The molecule has 2 saturated heterocycles. The summed E-state index contributed by atoms with van der Waals surface area (Å²) in [5, 5.41) is 9.50. The normalized spacial score (nSPS) is 28.6. The summed E-state index contributed by atoms with van der Waals surface area (Å²) in [7, 11) is 0. The van der Waals surface area contributed by atoms with Crippen LogP contribution in [0.1, 0.15) is 13.3 Å². The highest BCUT2D eigenvalue weighted by Gasteiger charge is 2.57. The first-order chi connectivity index (χ1) is 11.0. The molecule has 3 heterocycles. The van der Waals surface area contributed by atoms with Gasteiger partial charge in [-0.15, -0.1) is 11.8 Å². The van der Waals surface area contributed by atoms with Crippen LogP contribution < -0.4 is 0 Å². The Morgan fingerprint density at radius 2 is 2.26 bits per heavy atom. The Morgan fingerprint density at radius 3 is 2.87 bits per heavy atom. The molecule has 3 aliphatic rings. The number of carbonyl (C=O) groups excluding carboxylic acids is 2. The Bertz CT molecular complexity index is 554. The molecule has 8 heteroatoms. The number of ether oxygens (including phenoxy) is 3. The average Bonchev–Trinajstić information content (AvgIpc) is 3.11. The third-order valence-electron chi connectivity index (χ3n) is 3.94. The maximum absolute atomic E-state index is 12.3. The molecule has 0 saturated carbocycles. The van der Waals surface area contributed by atoms with E-state index in [1.165, 1.54) is 22.7 Å². The largest absolute Gasteiger partial charge is 0.457 e. The fraction of sp³-hybridized carbons (Fsp3) is 0.600. The second-order valence-corrected chi connectivity index (χ2v) is 6.73. The van der Waals surface area contributed by atoms with Crippen LogP contribution in [0.15, 0.2) is 23.3 Å². The average molecular weight is 341 g/mol. The van der Waals surface area contributed by atoms with E-state index in [-0.39, 0.29) is 23.6 Å². The lowest BCUT2D eigenvalue weighted by Gasteiger charge is -2.43. The first-order valence-corrected chi connectivity index (χ1v) is 8.34. The molecule has 0 spiro atoms. The standard InChI is InChI=1S/C15H19NO6S/c1-3-4-22-15(19)12-9(7-10-20-5-6-21-10)23-14-11(8(2)17)13(18)16(12)14/h3,8,10-11,14,17H,1,4-7H2,2H3/t8-,11+,14-/m1/s1. The Hall–Kier alpha value is -1.35. The second-order valence-electron chi connectivity index (χ2n) is 5.52. The molecule has 0 bridgehead atoms. The van der Waals surface area contributed by atoms with E-state index in [1.807, 2.05) is 0 Å². The van der Waals surface area contributed by atoms with Crippen molar-refractivity contribution in [3.63, 3.8) is 0 Å². The monoisotopic (exact) mass is 341 g/mol. The van der Waals surface area contributed by atoms with E-state index in [9.17, 15) is 14.7 Å². The van der Waals surface area contributed by atoms with Crippen LogP contribution in [-0.4, -0.2) is 59.5 Å². The molecule has 0 unspecified atom stereocenters. The molecule has 1 N–H and O–H groups in total. The van der Waals surface area contributed by atoms with Gasteiger partial charge < -0.3 is 19.3 Å². The van der Waals surface area contributed by atoms with Crippen molar-refractivity contribution in [2.24, 2.45) is 5.92 Å². The first kappa shape index (κ1) is 16.5. The van der Waals surface area contributed by atoms with E-state index in [2.05, 4.69) is 6.58 Å². The molecule has 7 nitrogen and oxygen atoms in total. The van der Waals surface area contributed by atoms with Gasteiger partial charge in [0.15, 0.2) is 6.29 Å². The number of rotatable bonds is 6. The fourth-order valence-corrected chi connectivity index (χ4v) is 4.49. The molecule has 0 radical (unpaired) electrons. The van der Waals surface area contributed by atoms with Crippen molar-refractivity contribution in [3.8, 4) is 0 Å². The zero-order chi connectivity index (χ0) is 16.6. The van der Waals surface area contributed by atoms with Crippen LogP contribution in [-0.2, 0) is 23.8 Å². The van der Waals surface area contributed by atoms with Crippen LogP contribution >= 0.6 is 11.8 Å². The van der Waals surface area contributed by atoms with Gasteiger partial charge in [0.25, 0.3) is 0 Å². The van der Waals surface area contributed by atoms with Crippen LogP contribution in [0.2, 0.25) is 0 Å². The molecule has 3 aliphatic heterocycles. The molecule has 0 aromatic carbocycles. The number of hydrogen-bond donors (Lipinski definition) is 1. The molecule has 3 atom stereocenters. The molecule has 23 heavy (non-hydrogen) atoms. The zero-order valence-corrected chi connectivity index (χ0v) is 13.6. The van der Waals surface area contributed by atoms with Crippen LogP contribution in [0.4, 0.5) is 0 Å². The molecule has 3 rings (SSSR count). The smallest absolute Gasteiger partial charge is 0.356 e. The van der Waals surface area contributed by atoms with Gasteiger partial charge in [-0.25, -0.2) is 4.79 Å². The third-order valence-corrected chi connectivity index (χ3v) is 5.33. The molecule has 1 amide bonds. The van der Waals surface area contributed by atoms with Crippen molar-refractivity contribution >= 4 is 23.6 Å². The zero-order valence-electron chi connectivity index (χ0n) is 12.8. The lowest BCUT2D eigenvalue weighted by molar-refractivity contribution is -0.158. The van der Waals surface area contributed by atoms with Crippen LogP contribution in [0.25, 0.3) is 0 Å². The number of aliphatic hydroxyl groups excluding tert-OH is 1. The Balaban J connectivity index is 1.81. The minimum Gasteiger partial charge on any atom is -0.457 e. The number of esters is 1. The number of aliphatic hydroxyl groups is 1. The van der Waals surface area contributed by atoms with Gasteiger partial charge in [0.05, 0.1) is 25.2 Å². The quantitative estimate of drug-likeness (QED) is 0.430. The van der Waals surface area contributed by atoms with Crippen molar-refractivity contribution in [3.05, 3.63) is 23.3 Å². The van der Waals surface area contributed by atoms with Gasteiger partial charge in [-0.2, -0.15) is 0 Å². The summed E-state index contributed by atoms with van der Waals surface area (Å²) in [5.41, 5.74) is 0.239. The van der Waals surface area contributed by atoms with E-state index < -0.39 is 24.3 Å². The molecular weight excluding hydrogens is 322 g/mol. The summed E-state index contributed by atoms with van der Waals surface area (Å²) in [5.74, 6) is -1.33. The van der Waals surface area contributed by atoms with Crippen molar-refractivity contribution in [1.29, 1.82) is 0 Å². The van der Waals surface area contributed by atoms with Crippen LogP contribution in [0.3, 0.4) is 0 Å². The number of amides is 1. The van der Waals surface area contributed by atoms with Gasteiger partial charge in [-0.1, -0.05) is 12.7 Å². The maximum Gasteiger partial charge on any atom is 0.356 e. The summed E-state index contributed by atoms with van der Waals surface area (Å²) in [6, 6.07) is 0. The molecule has 0 aromatic rings. The fourth-order valence-electron chi connectivity index (χ4n) is 2.87. The summed E-state index contributed by atoms with van der Waals surface area (Å²) in [6.45, 7) is 6.19. The number of carbonyl (C=O) groups is 2. The van der Waals surface area contributed by atoms with Crippen LogP contribution in [0, 0.1) is 5.92 Å². The summed E-state index contributed by atoms with van der Waals surface area (Å²) < 4.78 is 16.0. The van der Waals surface area contributed by atoms with Crippen molar-refractivity contribution in [2.45, 2.75) is 31.1 Å². The predicted molar refractivity (Wildman–Crippen MR) is 81.9 cm³/mol. The van der Waals surface area contributed by atoms with Crippen molar-refractivity contribution in [2.75, 3.05) is 19.8 Å². The molecular formula is C15H19NO6S. The highest BCUT2D eigenvalue weighted by molar-refractivity contribution is 8.04. The molecule has 2 fully saturated rings. The summed E-state index contributed by atoms with van der Waals surface area (Å²) >= 11 is 1.40. The number of hydrogen-bond acceptors (Lipinski definition) is 7. The minimum atomic E-state index is -0.764. The first-order valence-electron chi connectivity index (χ1n) is 7.46. The van der Waals surface area contributed by atoms with E-state index in [0.29, 0.717) is 24.5 Å². The van der Waals surface area contributed by atoms with Gasteiger partial charge >= 0.3 is 5.97 Å². The third kappa shape index (κ3) is 2.91. The van der Waals surface area contributed by atoms with Crippen molar-refractivity contribution in [1.82, 2.24) is 4.90 Å². The predicted octanol–water partition coefficient (Wildman–Crippen LogP) is 0.602. The topological polar surface area (TPSA) is 85.3 Å². The van der Waals surface area contributed by atoms with Gasteiger partial charge in [-0.3, -0.25) is 9.69 Å². The summed E-state index contributed by atoms with van der Waals surface area (Å²) in [6.07, 6.45) is 0.673.